The van der Waals surface area contributed by atoms with Crippen LogP contribution in [0.1, 0.15) is 19.4 Å². The maximum atomic E-state index is 11.9. The lowest BCUT2D eigenvalue weighted by Gasteiger charge is -2.34. The van der Waals surface area contributed by atoms with Crippen molar-refractivity contribution in [3.63, 3.8) is 0 Å². The smallest absolute Gasteiger partial charge is 0.246 e. The van der Waals surface area contributed by atoms with Gasteiger partial charge in [-0.05, 0) is 25.5 Å². The lowest BCUT2D eigenvalue weighted by Crippen LogP contribution is -2.47. The molecule has 4 nitrogen and oxygen atoms in total. The van der Waals surface area contributed by atoms with Crippen LogP contribution in [-0.4, -0.2) is 46.9 Å². The maximum absolute atomic E-state index is 11.9. The van der Waals surface area contributed by atoms with E-state index < -0.39 is 0 Å². The molecule has 1 fully saturated rings. The van der Waals surface area contributed by atoms with Gasteiger partial charge in [-0.25, -0.2) is 0 Å². The van der Waals surface area contributed by atoms with Gasteiger partial charge in [-0.2, -0.15) is 0 Å². The van der Waals surface area contributed by atoms with Crippen molar-refractivity contribution in [2.24, 2.45) is 0 Å². The standard InChI is InChI=1S/C15H21N3O/c1-13(2)10-15(19)18-8-6-17(7-9-18)12-14-4-3-5-16-11-14/h3-5,10-11H,6-9,12H2,1-2H3. The Kier molecular flexibility index (Phi) is 4.68. The highest BCUT2D eigenvalue weighted by Gasteiger charge is 2.19. The zero-order chi connectivity index (χ0) is 13.7. The second-order valence-electron chi connectivity index (χ2n) is 5.18. The number of nitrogens with zero attached hydrogens (tertiary/aromatic N) is 3. The van der Waals surface area contributed by atoms with Gasteiger partial charge in [0, 0.05) is 51.2 Å². The van der Waals surface area contributed by atoms with E-state index >= 15 is 0 Å². The fourth-order valence-corrected chi connectivity index (χ4v) is 2.21. The maximum Gasteiger partial charge on any atom is 0.246 e. The summed E-state index contributed by atoms with van der Waals surface area (Å²) in [5, 5.41) is 0. The number of rotatable bonds is 3. The Morgan fingerprint density at radius 2 is 2.05 bits per heavy atom. The number of hydrogen-bond donors (Lipinski definition) is 0. The summed E-state index contributed by atoms with van der Waals surface area (Å²) in [6, 6.07) is 4.05. The molecule has 0 aliphatic carbocycles. The normalized spacial score (nSPS) is 16.2. The van der Waals surface area contributed by atoms with E-state index in [4.69, 9.17) is 0 Å². The Morgan fingerprint density at radius 1 is 1.32 bits per heavy atom. The third-order valence-electron chi connectivity index (χ3n) is 3.23. The summed E-state index contributed by atoms with van der Waals surface area (Å²) >= 11 is 0. The molecule has 0 N–H and O–H groups in total. The van der Waals surface area contributed by atoms with Crippen LogP contribution in [-0.2, 0) is 11.3 Å². The fourth-order valence-electron chi connectivity index (χ4n) is 2.21. The summed E-state index contributed by atoms with van der Waals surface area (Å²) in [4.78, 5) is 20.3. The van der Waals surface area contributed by atoms with Crippen molar-refractivity contribution < 1.29 is 4.79 Å². The predicted octanol–water partition coefficient (Wildman–Crippen LogP) is 1.69. The largest absolute Gasteiger partial charge is 0.337 e. The van der Waals surface area contributed by atoms with Gasteiger partial charge in [-0.15, -0.1) is 0 Å². The molecule has 0 atom stereocenters. The van der Waals surface area contributed by atoms with Crippen molar-refractivity contribution in [1.29, 1.82) is 0 Å². The number of carbonyl (C=O) groups excluding carboxylic acids is 1. The molecule has 0 saturated carbocycles. The van der Waals surface area contributed by atoms with E-state index in [9.17, 15) is 4.79 Å². The highest BCUT2D eigenvalue weighted by atomic mass is 16.2. The Labute approximate surface area is 114 Å². The van der Waals surface area contributed by atoms with E-state index in [1.807, 2.05) is 31.0 Å². The molecule has 19 heavy (non-hydrogen) atoms. The van der Waals surface area contributed by atoms with Gasteiger partial charge in [0.25, 0.3) is 0 Å². The zero-order valence-corrected chi connectivity index (χ0v) is 11.7. The molecule has 1 aliphatic heterocycles. The van der Waals surface area contributed by atoms with Crippen LogP contribution < -0.4 is 0 Å². The van der Waals surface area contributed by atoms with Gasteiger partial charge in [0.1, 0.15) is 0 Å². The molecule has 0 aromatic carbocycles. The molecule has 0 unspecified atom stereocenters. The number of amides is 1. The third-order valence-corrected chi connectivity index (χ3v) is 3.23. The average Bonchev–Trinajstić information content (AvgIpc) is 2.40. The van der Waals surface area contributed by atoms with Crippen molar-refractivity contribution in [3.8, 4) is 0 Å². The molecular weight excluding hydrogens is 238 g/mol. The predicted molar refractivity (Wildman–Crippen MR) is 75.5 cm³/mol. The number of allylic oxidation sites excluding steroid dienone is 1. The monoisotopic (exact) mass is 259 g/mol. The van der Waals surface area contributed by atoms with Crippen LogP contribution in [0.5, 0.6) is 0 Å². The molecule has 2 rings (SSSR count). The summed E-state index contributed by atoms with van der Waals surface area (Å²) in [5.74, 6) is 0.140. The fraction of sp³-hybridized carbons (Fsp3) is 0.467. The molecular formula is C15H21N3O. The van der Waals surface area contributed by atoms with E-state index in [2.05, 4.69) is 16.0 Å². The van der Waals surface area contributed by atoms with E-state index in [1.54, 1.807) is 12.3 Å². The van der Waals surface area contributed by atoms with Crippen molar-refractivity contribution in [3.05, 3.63) is 41.7 Å². The average molecular weight is 259 g/mol. The van der Waals surface area contributed by atoms with E-state index in [0.29, 0.717) is 0 Å². The van der Waals surface area contributed by atoms with Crippen LogP contribution in [0.25, 0.3) is 0 Å². The van der Waals surface area contributed by atoms with Gasteiger partial charge >= 0.3 is 0 Å². The number of carbonyl (C=O) groups is 1. The molecule has 2 heterocycles. The molecule has 0 spiro atoms. The SMILES string of the molecule is CC(C)=CC(=O)N1CCN(Cc2cccnc2)CC1. The highest BCUT2D eigenvalue weighted by Crippen LogP contribution is 2.08. The molecule has 1 aliphatic rings. The van der Waals surface area contributed by atoms with Crippen molar-refractivity contribution in [2.45, 2.75) is 20.4 Å². The van der Waals surface area contributed by atoms with E-state index in [0.717, 1.165) is 38.3 Å². The molecule has 1 aromatic rings. The summed E-state index contributed by atoms with van der Waals surface area (Å²) < 4.78 is 0. The molecule has 1 aromatic heterocycles. The Balaban J connectivity index is 1.83. The van der Waals surface area contributed by atoms with Gasteiger partial charge in [0.2, 0.25) is 5.91 Å². The molecule has 1 amide bonds. The van der Waals surface area contributed by atoms with Crippen molar-refractivity contribution in [1.82, 2.24) is 14.8 Å². The first-order valence-electron chi connectivity index (χ1n) is 6.70. The topological polar surface area (TPSA) is 36.4 Å². The van der Waals surface area contributed by atoms with Crippen LogP contribution in [0.15, 0.2) is 36.2 Å². The summed E-state index contributed by atoms with van der Waals surface area (Å²) in [6.07, 6.45) is 5.41. The van der Waals surface area contributed by atoms with Crippen LogP contribution >= 0.6 is 0 Å². The van der Waals surface area contributed by atoms with E-state index in [-0.39, 0.29) is 5.91 Å². The van der Waals surface area contributed by atoms with Crippen LogP contribution in [0, 0.1) is 0 Å². The van der Waals surface area contributed by atoms with Gasteiger partial charge in [-0.3, -0.25) is 14.7 Å². The second kappa shape index (κ2) is 6.48. The van der Waals surface area contributed by atoms with Crippen molar-refractivity contribution >= 4 is 5.91 Å². The van der Waals surface area contributed by atoms with Gasteiger partial charge in [0.05, 0.1) is 0 Å². The van der Waals surface area contributed by atoms with Gasteiger partial charge < -0.3 is 4.90 Å². The van der Waals surface area contributed by atoms with Crippen LogP contribution in [0.2, 0.25) is 0 Å². The summed E-state index contributed by atoms with van der Waals surface area (Å²) in [5.41, 5.74) is 2.29. The molecule has 0 bridgehead atoms. The Hall–Kier alpha value is -1.68. The molecule has 0 radical (unpaired) electrons. The number of hydrogen-bond acceptors (Lipinski definition) is 3. The quantitative estimate of drug-likeness (QED) is 0.775. The number of aromatic nitrogens is 1. The Morgan fingerprint density at radius 3 is 2.63 bits per heavy atom. The molecule has 102 valence electrons. The summed E-state index contributed by atoms with van der Waals surface area (Å²) in [7, 11) is 0. The molecule has 1 saturated heterocycles. The first kappa shape index (κ1) is 13.7. The lowest BCUT2D eigenvalue weighted by atomic mass is 10.2. The first-order valence-corrected chi connectivity index (χ1v) is 6.70. The third kappa shape index (κ3) is 4.17. The summed E-state index contributed by atoms with van der Waals surface area (Å²) in [6.45, 7) is 8.30. The van der Waals surface area contributed by atoms with E-state index in [1.165, 1.54) is 5.56 Å². The minimum Gasteiger partial charge on any atom is -0.337 e. The Bertz CT molecular complexity index is 444. The minimum absolute atomic E-state index is 0.140. The number of pyridine rings is 1. The highest BCUT2D eigenvalue weighted by molar-refractivity contribution is 5.88. The minimum atomic E-state index is 0.140. The first-order chi connectivity index (χ1) is 9.15. The van der Waals surface area contributed by atoms with Crippen LogP contribution in [0.4, 0.5) is 0 Å². The molecule has 4 heteroatoms. The van der Waals surface area contributed by atoms with Crippen molar-refractivity contribution in [2.75, 3.05) is 26.2 Å². The second-order valence-corrected chi connectivity index (χ2v) is 5.18. The van der Waals surface area contributed by atoms with Crippen LogP contribution in [0.3, 0.4) is 0 Å². The lowest BCUT2D eigenvalue weighted by molar-refractivity contribution is -0.127. The van der Waals surface area contributed by atoms with Gasteiger partial charge in [0.15, 0.2) is 0 Å². The number of piperazine rings is 1. The van der Waals surface area contributed by atoms with Gasteiger partial charge in [-0.1, -0.05) is 11.6 Å². The zero-order valence-electron chi connectivity index (χ0n) is 11.7.